The number of fused-ring (bicyclic) bond motifs is 2. The van der Waals surface area contributed by atoms with Crippen molar-refractivity contribution in [2.75, 3.05) is 37.8 Å². The fourth-order valence-electron chi connectivity index (χ4n) is 5.03. The van der Waals surface area contributed by atoms with Gasteiger partial charge in [0.2, 0.25) is 0 Å². The van der Waals surface area contributed by atoms with Crippen LogP contribution >= 0.6 is 34.5 Å². The Balaban J connectivity index is 1.50. The summed E-state index contributed by atoms with van der Waals surface area (Å²) in [6.45, 7) is 2.65. The number of thiophene rings is 1. The largest absolute Gasteiger partial charge is 0.493 e. The number of halogens is 3. The van der Waals surface area contributed by atoms with Crippen LogP contribution < -0.4 is 15.0 Å². The number of hydrogen-bond acceptors (Lipinski definition) is 5. The Hall–Kier alpha value is -2.84. The summed E-state index contributed by atoms with van der Waals surface area (Å²) in [6.07, 6.45) is 0.651. The molecule has 1 atom stereocenters. The second-order valence-corrected chi connectivity index (χ2v) is 10.8. The van der Waals surface area contributed by atoms with Crippen LogP contribution in [0.2, 0.25) is 10.0 Å². The van der Waals surface area contributed by atoms with E-state index in [-0.39, 0.29) is 17.8 Å². The summed E-state index contributed by atoms with van der Waals surface area (Å²) in [5.41, 5.74) is 2.96. The van der Waals surface area contributed by atoms with Crippen molar-refractivity contribution in [1.29, 1.82) is 0 Å². The lowest BCUT2D eigenvalue weighted by atomic mass is 10.00. The normalized spacial score (nSPS) is 17.4. The van der Waals surface area contributed by atoms with E-state index in [2.05, 4.69) is 5.32 Å². The van der Waals surface area contributed by atoms with Gasteiger partial charge in [0.25, 0.3) is 5.91 Å². The molecule has 0 saturated carbocycles. The van der Waals surface area contributed by atoms with Crippen LogP contribution in [0.15, 0.2) is 54.6 Å². The molecule has 5 nitrogen and oxygen atoms in total. The van der Waals surface area contributed by atoms with Gasteiger partial charge in [-0.3, -0.25) is 4.79 Å². The molecule has 0 radical (unpaired) electrons. The third-order valence-electron chi connectivity index (χ3n) is 6.80. The summed E-state index contributed by atoms with van der Waals surface area (Å²) in [6, 6.07) is 16.0. The number of carbonyl (C=O) groups is 1. The Morgan fingerprint density at radius 1 is 1.00 bits per heavy atom. The Kier molecular flexibility index (Phi) is 6.71. The van der Waals surface area contributed by atoms with Crippen LogP contribution in [0.5, 0.6) is 5.75 Å². The van der Waals surface area contributed by atoms with Crippen LogP contribution in [0.25, 0.3) is 21.2 Å². The molecule has 9 heteroatoms. The number of nitrogens with one attached hydrogen (secondary N) is 1. The molecule has 1 fully saturated rings. The summed E-state index contributed by atoms with van der Waals surface area (Å²) >= 11 is 14.1. The highest BCUT2D eigenvalue weighted by Crippen LogP contribution is 2.47. The van der Waals surface area contributed by atoms with Crippen LogP contribution in [-0.2, 0) is 4.74 Å². The number of nitrogens with zero attached hydrogens (tertiary/aromatic N) is 1. The minimum absolute atomic E-state index is 0.202. The first-order chi connectivity index (χ1) is 18.0. The molecular weight excluding hydrogens is 534 g/mol. The summed E-state index contributed by atoms with van der Waals surface area (Å²) in [5, 5.41) is 4.42. The van der Waals surface area contributed by atoms with Crippen molar-refractivity contribution in [3.8, 4) is 16.9 Å². The average molecular weight is 557 g/mol. The molecule has 2 aliphatic rings. The number of para-hydroxylation sites is 1. The lowest BCUT2D eigenvalue weighted by Gasteiger charge is -2.30. The first kappa shape index (κ1) is 24.5. The fraction of sp³-hybridized carbons (Fsp3) is 0.250. The lowest BCUT2D eigenvalue weighted by Crippen LogP contribution is -2.38. The van der Waals surface area contributed by atoms with Crippen LogP contribution in [0, 0.1) is 5.82 Å². The van der Waals surface area contributed by atoms with Crippen molar-refractivity contribution >= 4 is 56.2 Å². The number of anilines is 1. The molecular formula is C28H23Cl2FN2O3S. The lowest BCUT2D eigenvalue weighted by molar-refractivity contribution is 0.0928. The maximum Gasteiger partial charge on any atom is 0.264 e. The minimum Gasteiger partial charge on any atom is -0.493 e. The summed E-state index contributed by atoms with van der Waals surface area (Å²) in [5.74, 6) is 0.143. The third kappa shape index (κ3) is 4.44. The van der Waals surface area contributed by atoms with Crippen molar-refractivity contribution < 1.29 is 18.7 Å². The van der Waals surface area contributed by atoms with Gasteiger partial charge in [-0.15, -0.1) is 11.3 Å². The number of hydrogen-bond donors (Lipinski definition) is 1. The molecule has 3 heterocycles. The molecule has 1 N–H and O–H groups in total. The van der Waals surface area contributed by atoms with Gasteiger partial charge in [-0.2, -0.15) is 0 Å². The van der Waals surface area contributed by atoms with Gasteiger partial charge in [0, 0.05) is 40.9 Å². The zero-order valence-corrected chi connectivity index (χ0v) is 22.1. The second kappa shape index (κ2) is 10.1. The Labute approximate surface area is 227 Å². The molecule has 0 spiro atoms. The highest BCUT2D eigenvalue weighted by Gasteiger charge is 2.31. The predicted octanol–water partition coefficient (Wildman–Crippen LogP) is 7.10. The van der Waals surface area contributed by atoms with Crippen LogP contribution in [0.1, 0.15) is 27.7 Å². The zero-order chi connectivity index (χ0) is 25.5. The van der Waals surface area contributed by atoms with Crippen LogP contribution in [-0.4, -0.2) is 38.8 Å². The van der Waals surface area contributed by atoms with E-state index >= 15 is 4.39 Å². The van der Waals surface area contributed by atoms with Gasteiger partial charge in [0.15, 0.2) is 0 Å². The summed E-state index contributed by atoms with van der Waals surface area (Å²) < 4.78 is 27.5. The molecule has 3 aromatic carbocycles. The SMILES string of the molecule is O=C(NC1CCOc2ccccc21)c1sc2c(-c3cccc(Cl)c3Cl)ccc(F)c2c1N1CCOCC1. The molecule has 1 unspecified atom stereocenters. The minimum atomic E-state index is -0.384. The van der Waals surface area contributed by atoms with Gasteiger partial charge in [-0.25, -0.2) is 4.39 Å². The molecule has 0 aliphatic carbocycles. The Morgan fingerprint density at radius 2 is 1.81 bits per heavy atom. The van der Waals surface area contributed by atoms with E-state index in [1.807, 2.05) is 41.3 Å². The van der Waals surface area contributed by atoms with Gasteiger partial charge in [-0.1, -0.05) is 53.5 Å². The smallest absolute Gasteiger partial charge is 0.264 e. The molecule has 190 valence electrons. The van der Waals surface area contributed by atoms with Crippen LogP contribution in [0.4, 0.5) is 10.1 Å². The monoisotopic (exact) mass is 556 g/mol. The van der Waals surface area contributed by atoms with Crippen molar-refractivity contribution in [1.82, 2.24) is 5.32 Å². The first-order valence-electron chi connectivity index (χ1n) is 12.1. The molecule has 0 bridgehead atoms. The highest BCUT2D eigenvalue weighted by atomic mass is 35.5. The maximum absolute atomic E-state index is 15.6. The molecule has 1 amide bonds. The van der Waals surface area contributed by atoms with E-state index in [4.69, 9.17) is 32.7 Å². The number of benzene rings is 3. The van der Waals surface area contributed by atoms with E-state index in [9.17, 15) is 4.79 Å². The highest BCUT2D eigenvalue weighted by molar-refractivity contribution is 7.22. The number of carbonyl (C=O) groups excluding carboxylic acids is 1. The van der Waals surface area contributed by atoms with Gasteiger partial charge < -0.3 is 19.7 Å². The van der Waals surface area contributed by atoms with Crippen molar-refractivity contribution in [2.45, 2.75) is 12.5 Å². The molecule has 1 saturated heterocycles. The molecule has 6 rings (SSSR count). The standard InChI is InChI=1S/C28H23Cl2FN2O3S/c29-19-6-3-5-16(24(19)30)17-8-9-20(31)23-25(33-11-14-35-15-12-33)27(37-26(17)23)28(34)32-21-10-13-36-22-7-2-1-4-18(21)22/h1-9,21H,10-15H2,(H,32,34). The number of ether oxygens (including phenoxy) is 2. The fourth-order valence-corrected chi connectivity index (χ4v) is 6.70. The van der Waals surface area contributed by atoms with E-state index in [0.29, 0.717) is 75.6 Å². The molecule has 37 heavy (non-hydrogen) atoms. The maximum atomic E-state index is 15.6. The Bertz CT molecular complexity index is 1500. The molecule has 1 aromatic heterocycles. The number of rotatable bonds is 4. The van der Waals surface area contributed by atoms with E-state index in [1.165, 1.54) is 17.4 Å². The van der Waals surface area contributed by atoms with Gasteiger partial charge in [0.1, 0.15) is 16.4 Å². The summed E-state index contributed by atoms with van der Waals surface area (Å²) in [7, 11) is 0. The second-order valence-electron chi connectivity index (χ2n) is 8.98. The predicted molar refractivity (Wildman–Crippen MR) is 147 cm³/mol. The Morgan fingerprint density at radius 3 is 2.65 bits per heavy atom. The number of morpholine rings is 1. The van der Waals surface area contributed by atoms with Crippen molar-refractivity contribution in [2.24, 2.45) is 0 Å². The van der Waals surface area contributed by atoms with Gasteiger partial charge in [0.05, 0.1) is 47.0 Å². The van der Waals surface area contributed by atoms with E-state index in [0.717, 1.165) is 16.9 Å². The van der Waals surface area contributed by atoms with Crippen molar-refractivity contribution in [3.63, 3.8) is 0 Å². The van der Waals surface area contributed by atoms with Crippen LogP contribution in [0.3, 0.4) is 0 Å². The van der Waals surface area contributed by atoms with E-state index in [1.54, 1.807) is 12.1 Å². The topological polar surface area (TPSA) is 50.8 Å². The summed E-state index contributed by atoms with van der Waals surface area (Å²) in [4.78, 5) is 16.4. The zero-order valence-electron chi connectivity index (χ0n) is 19.7. The molecule has 2 aliphatic heterocycles. The van der Waals surface area contributed by atoms with Gasteiger partial charge in [-0.05, 0) is 24.3 Å². The average Bonchev–Trinajstić information content (AvgIpc) is 3.33. The number of amides is 1. The molecule has 4 aromatic rings. The quantitative estimate of drug-likeness (QED) is 0.291. The van der Waals surface area contributed by atoms with Gasteiger partial charge >= 0.3 is 0 Å². The first-order valence-corrected chi connectivity index (χ1v) is 13.6. The third-order valence-corrected chi connectivity index (χ3v) is 8.83. The van der Waals surface area contributed by atoms with Crippen molar-refractivity contribution in [3.05, 3.63) is 80.9 Å². The van der Waals surface area contributed by atoms with E-state index < -0.39 is 0 Å².